The maximum atomic E-state index is 13.0. The number of hydrogen-bond donors (Lipinski definition) is 2. The smallest absolute Gasteiger partial charge is 0.416 e. The van der Waals surface area contributed by atoms with Crippen molar-refractivity contribution in [2.24, 2.45) is 0 Å². The topological polar surface area (TPSA) is 61.3 Å². The molecule has 0 bridgehead atoms. The van der Waals surface area contributed by atoms with Crippen LogP contribution in [-0.4, -0.2) is 41.0 Å². The molecule has 5 nitrogen and oxygen atoms in total. The van der Waals surface area contributed by atoms with Crippen molar-refractivity contribution in [1.29, 1.82) is 0 Å². The first kappa shape index (κ1) is 19.0. The van der Waals surface area contributed by atoms with Crippen molar-refractivity contribution in [2.45, 2.75) is 44.8 Å². The second kappa shape index (κ2) is 7.24. The molecular formula is C20H23F3N4O. The molecule has 0 saturated carbocycles. The van der Waals surface area contributed by atoms with Crippen molar-refractivity contribution < 1.29 is 18.3 Å². The number of halogens is 3. The van der Waals surface area contributed by atoms with Crippen molar-refractivity contribution in [2.75, 3.05) is 24.5 Å². The fourth-order valence-electron chi connectivity index (χ4n) is 4.21. The van der Waals surface area contributed by atoms with Gasteiger partial charge in [0.05, 0.1) is 11.3 Å². The fourth-order valence-corrected chi connectivity index (χ4v) is 4.21. The van der Waals surface area contributed by atoms with E-state index in [0.29, 0.717) is 22.9 Å². The van der Waals surface area contributed by atoms with Crippen molar-refractivity contribution in [3.8, 4) is 17.0 Å². The summed E-state index contributed by atoms with van der Waals surface area (Å²) in [4.78, 5) is 2.28. The number of anilines is 1. The number of benzene rings is 1. The summed E-state index contributed by atoms with van der Waals surface area (Å²) >= 11 is 0. The minimum atomic E-state index is -4.50. The molecule has 0 aliphatic carbocycles. The number of fused-ring (bicyclic) bond motifs is 1. The van der Waals surface area contributed by atoms with Gasteiger partial charge in [0.1, 0.15) is 5.75 Å². The molecule has 0 spiro atoms. The Hall–Kier alpha value is -2.35. The van der Waals surface area contributed by atoms with Crippen LogP contribution in [0.2, 0.25) is 0 Å². The Morgan fingerprint density at radius 2 is 2.00 bits per heavy atom. The molecule has 3 heterocycles. The average molecular weight is 392 g/mol. The molecule has 1 fully saturated rings. The van der Waals surface area contributed by atoms with Crippen LogP contribution >= 0.6 is 0 Å². The number of aromatic nitrogens is 2. The maximum Gasteiger partial charge on any atom is 0.416 e. The van der Waals surface area contributed by atoms with E-state index in [2.05, 4.69) is 20.4 Å². The minimum Gasteiger partial charge on any atom is -0.507 e. The summed E-state index contributed by atoms with van der Waals surface area (Å²) in [5, 5.41) is 22.3. The quantitative estimate of drug-likeness (QED) is 0.817. The van der Waals surface area contributed by atoms with Crippen LogP contribution in [0.15, 0.2) is 18.2 Å². The second-order valence-corrected chi connectivity index (χ2v) is 7.56. The maximum absolute atomic E-state index is 13.0. The molecule has 2 N–H and O–H groups in total. The molecule has 150 valence electrons. The zero-order valence-electron chi connectivity index (χ0n) is 15.7. The summed E-state index contributed by atoms with van der Waals surface area (Å²) < 4.78 is 38.9. The van der Waals surface area contributed by atoms with Crippen LogP contribution in [0.5, 0.6) is 5.75 Å². The number of rotatable bonds is 2. The molecule has 1 saturated heterocycles. The first-order valence-electron chi connectivity index (χ1n) is 9.60. The number of alkyl halides is 3. The van der Waals surface area contributed by atoms with Gasteiger partial charge in [-0.25, -0.2) is 0 Å². The largest absolute Gasteiger partial charge is 0.507 e. The monoisotopic (exact) mass is 392 g/mol. The summed E-state index contributed by atoms with van der Waals surface area (Å²) in [5.41, 5.74) is 1.19. The number of aryl methyl sites for hydroxylation is 1. The Bertz CT molecular complexity index is 853. The lowest BCUT2D eigenvalue weighted by Crippen LogP contribution is -2.40. The molecule has 2 aliphatic heterocycles. The van der Waals surface area contributed by atoms with E-state index in [1.807, 2.05) is 6.07 Å². The van der Waals surface area contributed by atoms with E-state index in [9.17, 15) is 18.3 Å². The Labute approximate surface area is 161 Å². The lowest BCUT2D eigenvalue weighted by molar-refractivity contribution is -0.137. The molecule has 1 atom stereocenters. The number of phenolic OH excluding ortho intramolecular Hbond substituents is 1. The van der Waals surface area contributed by atoms with Crippen LogP contribution in [0, 0.1) is 6.92 Å². The highest BCUT2D eigenvalue weighted by atomic mass is 19.4. The standard InChI is InChI=1S/C20H23F3N4O/c1-12-8-14(20(21,22)23)10-17(28)18(12)16-9-13-5-7-27(19(13)26-25-16)15-4-2-3-6-24-11-15/h8-10,15,24,28H,2-7,11H2,1H3/t15-/m0/s1. The molecule has 1 aromatic carbocycles. The van der Waals surface area contributed by atoms with Gasteiger partial charge < -0.3 is 15.3 Å². The first-order chi connectivity index (χ1) is 13.3. The van der Waals surface area contributed by atoms with Crippen LogP contribution < -0.4 is 10.2 Å². The molecule has 4 rings (SSSR count). The molecule has 0 unspecified atom stereocenters. The fraction of sp³-hybridized carbons (Fsp3) is 0.500. The molecule has 8 heteroatoms. The van der Waals surface area contributed by atoms with Gasteiger partial charge in [-0.2, -0.15) is 13.2 Å². The molecule has 28 heavy (non-hydrogen) atoms. The summed E-state index contributed by atoms with van der Waals surface area (Å²) in [5.74, 6) is 0.422. The lowest BCUT2D eigenvalue weighted by Gasteiger charge is -2.28. The predicted molar refractivity (Wildman–Crippen MR) is 100 cm³/mol. The van der Waals surface area contributed by atoms with Crippen molar-refractivity contribution in [1.82, 2.24) is 15.5 Å². The van der Waals surface area contributed by atoms with E-state index in [4.69, 9.17) is 0 Å². The van der Waals surface area contributed by atoms with E-state index < -0.39 is 17.5 Å². The van der Waals surface area contributed by atoms with Crippen LogP contribution in [-0.2, 0) is 12.6 Å². The zero-order chi connectivity index (χ0) is 19.9. The van der Waals surface area contributed by atoms with Crippen molar-refractivity contribution >= 4 is 5.82 Å². The van der Waals surface area contributed by atoms with E-state index in [-0.39, 0.29) is 0 Å². The van der Waals surface area contributed by atoms with Gasteiger partial charge >= 0.3 is 6.18 Å². The highest BCUT2D eigenvalue weighted by molar-refractivity contribution is 5.73. The summed E-state index contributed by atoms with van der Waals surface area (Å²) in [7, 11) is 0. The summed E-state index contributed by atoms with van der Waals surface area (Å²) in [6.45, 7) is 4.36. The number of nitrogens with one attached hydrogen (secondary N) is 1. The zero-order valence-corrected chi connectivity index (χ0v) is 15.7. The number of nitrogens with zero attached hydrogens (tertiary/aromatic N) is 3. The Kier molecular flexibility index (Phi) is 4.91. The Balaban J connectivity index is 1.65. The Morgan fingerprint density at radius 1 is 1.18 bits per heavy atom. The van der Waals surface area contributed by atoms with Gasteiger partial charge in [-0.1, -0.05) is 6.42 Å². The number of aromatic hydroxyl groups is 1. The van der Waals surface area contributed by atoms with Crippen molar-refractivity contribution in [3.05, 3.63) is 34.9 Å². The minimum absolute atomic E-state index is 0.304. The number of phenols is 1. The predicted octanol–water partition coefficient (Wildman–Crippen LogP) is 3.68. The molecular weight excluding hydrogens is 369 g/mol. The Morgan fingerprint density at radius 3 is 2.75 bits per heavy atom. The third-order valence-corrected chi connectivity index (χ3v) is 5.60. The molecule has 2 aromatic rings. The molecule has 1 aromatic heterocycles. The summed E-state index contributed by atoms with van der Waals surface area (Å²) in [6.07, 6.45) is -0.233. The van der Waals surface area contributed by atoms with E-state index in [0.717, 1.165) is 56.0 Å². The third-order valence-electron chi connectivity index (χ3n) is 5.60. The lowest BCUT2D eigenvalue weighted by atomic mass is 9.99. The van der Waals surface area contributed by atoms with Gasteiger partial charge in [-0.15, -0.1) is 10.2 Å². The van der Waals surface area contributed by atoms with Gasteiger partial charge in [0.2, 0.25) is 0 Å². The van der Waals surface area contributed by atoms with E-state index in [1.54, 1.807) is 6.92 Å². The normalized spacial score (nSPS) is 20.1. The van der Waals surface area contributed by atoms with Gasteiger partial charge in [-0.3, -0.25) is 0 Å². The van der Waals surface area contributed by atoms with E-state index >= 15 is 0 Å². The van der Waals surface area contributed by atoms with E-state index in [1.165, 1.54) is 12.8 Å². The van der Waals surface area contributed by atoms with Gasteiger partial charge in [-0.05, 0) is 56.5 Å². The SMILES string of the molecule is Cc1cc(C(F)(F)F)cc(O)c1-c1cc2c(nn1)N([C@H]1CCCCNC1)CC2. The second-order valence-electron chi connectivity index (χ2n) is 7.56. The molecule has 2 aliphatic rings. The highest BCUT2D eigenvalue weighted by Crippen LogP contribution is 2.39. The van der Waals surface area contributed by atoms with Crippen LogP contribution in [0.1, 0.15) is 36.0 Å². The van der Waals surface area contributed by atoms with Gasteiger partial charge in [0.15, 0.2) is 5.82 Å². The molecule has 0 radical (unpaired) electrons. The summed E-state index contributed by atoms with van der Waals surface area (Å²) in [6, 6.07) is 4.01. The van der Waals surface area contributed by atoms with Gasteiger partial charge in [0, 0.05) is 30.3 Å². The molecule has 0 amide bonds. The number of hydrogen-bond acceptors (Lipinski definition) is 5. The first-order valence-corrected chi connectivity index (χ1v) is 9.60. The highest BCUT2D eigenvalue weighted by Gasteiger charge is 2.33. The van der Waals surface area contributed by atoms with Crippen molar-refractivity contribution in [3.63, 3.8) is 0 Å². The van der Waals surface area contributed by atoms with Crippen LogP contribution in [0.25, 0.3) is 11.3 Å². The third kappa shape index (κ3) is 3.53. The van der Waals surface area contributed by atoms with Crippen LogP contribution in [0.3, 0.4) is 0 Å². The van der Waals surface area contributed by atoms with Gasteiger partial charge in [0.25, 0.3) is 0 Å². The van der Waals surface area contributed by atoms with Crippen LogP contribution in [0.4, 0.5) is 19.0 Å². The average Bonchev–Trinajstić information content (AvgIpc) is 2.86.